The van der Waals surface area contributed by atoms with Crippen LogP contribution in [0.15, 0.2) is 36.4 Å². The maximum atomic E-state index is 15.2. The van der Waals surface area contributed by atoms with Gasteiger partial charge in [0.25, 0.3) is 0 Å². The zero-order chi connectivity index (χ0) is 24.6. The van der Waals surface area contributed by atoms with Gasteiger partial charge in [-0.3, -0.25) is 4.79 Å². The third kappa shape index (κ3) is 3.64. The van der Waals surface area contributed by atoms with Gasteiger partial charge < -0.3 is 24.5 Å². The Bertz CT molecular complexity index is 1360. The molecule has 0 radical (unpaired) electrons. The number of ether oxygens (including phenoxy) is 2. The Morgan fingerprint density at radius 2 is 1.83 bits per heavy atom. The lowest BCUT2D eigenvalue weighted by Crippen LogP contribution is -2.28. The molecule has 1 amide bonds. The molecule has 0 spiro atoms. The number of hydrogen-bond donors (Lipinski definition) is 2. The lowest BCUT2D eigenvalue weighted by Gasteiger charge is -2.17. The highest BCUT2D eigenvalue weighted by Crippen LogP contribution is 2.53. The van der Waals surface area contributed by atoms with Crippen LogP contribution in [0.25, 0.3) is 10.9 Å². The molecule has 0 bridgehead atoms. The standard InChI is InChI=1S/C26H25F3N2O4/c1-24(5-6-24)22-12-15-11-18(17(27)14-19(15)31(22)9-2-10-32)30-23(33)25(7-8-25)16-3-4-20-21(13-16)35-26(28,29)34-20/h3-4,11-14,32H,2,5-10H2,1H3,(H,30,33). The number of nitrogens with one attached hydrogen (secondary N) is 1. The van der Waals surface area contributed by atoms with Gasteiger partial charge in [0, 0.05) is 35.7 Å². The minimum absolute atomic E-state index is 0.0442. The van der Waals surface area contributed by atoms with Crippen LogP contribution in [0.4, 0.5) is 18.9 Å². The van der Waals surface area contributed by atoms with E-state index in [4.69, 9.17) is 0 Å². The largest absolute Gasteiger partial charge is 0.586 e. The number of aliphatic hydroxyl groups excluding tert-OH is 1. The SMILES string of the molecule is CC1(c2cc3cc(NC(=O)C4(c5ccc6c(c5)OC(F)(F)O6)CC4)c(F)cc3n2CCCO)CC1. The Morgan fingerprint density at radius 1 is 1.09 bits per heavy atom. The molecule has 2 N–H and O–H groups in total. The zero-order valence-corrected chi connectivity index (χ0v) is 19.2. The molecule has 2 aliphatic carbocycles. The Hall–Kier alpha value is -3.20. The zero-order valence-electron chi connectivity index (χ0n) is 19.2. The van der Waals surface area contributed by atoms with Crippen molar-refractivity contribution in [3.63, 3.8) is 0 Å². The number of aliphatic hydroxyl groups is 1. The summed E-state index contributed by atoms with van der Waals surface area (Å²) in [5.74, 6) is -1.15. The minimum atomic E-state index is -3.73. The highest BCUT2D eigenvalue weighted by Gasteiger charge is 2.53. The molecule has 0 saturated heterocycles. The summed E-state index contributed by atoms with van der Waals surface area (Å²) in [4.78, 5) is 13.3. The van der Waals surface area contributed by atoms with Crippen LogP contribution in [-0.2, 0) is 22.2 Å². The van der Waals surface area contributed by atoms with E-state index in [1.54, 1.807) is 12.1 Å². The number of anilines is 1. The second kappa shape index (κ2) is 7.40. The first-order valence-corrected chi connectivity index (χ1v) is 11.8. The smallest absolute Gasteiger partial charge is 0.396 e. The Morgan fingerprint density at radius 3 is 2.51 bits per heavy atom. The fourth-order valence-electron chi connectivity index (χ4n) is 5.05. The van der Waals surface area contributed by atoms with E-state index < -0.39 is 23.4 Å². The summed E-state index contributed by atoms with van der Waals surface area (Å²) in [6.45, 7) is 2.81. The van der Waals surface area contributed by atoms with Gasteiger partial charge in [-0.15, -0.1) is 8.78 Å². The molecular weight excluding hydrogens is 461 g/mol. The van der Waals surface area contributed by atoms with Gasteiger partial charge in [-0.1, -0.05) is 13.0 Å². The van der Waals surface area contributed by atoms with Crippen molar-refractivity contribution in [1.82, 2.24) is 4.57 Å². The van der Waals surface area contributed by atoms with Crippen LogP contribution in [0, 0.1) is 5.82 Å². The minimum Gasteiger partial charge on any atom is -0.396 e. The lowest BCUT2D eigenvalue weighted by atomic mass is 9.94. The first-order valence-electron chi connectivity index (χ1n) is 11.8. The number of aryl methyl sites for hydroxylation is 1. The van der Waals surface area contributed by atoms with E-state index >= 15 is 4.39 Å². The van der Waals surface area contributed by atoms with Gasteiger partial charge in [-0.2, -0.15) is 0 Å². The molecule has 0 atom stereocenters. The summed E-state index contributed by atoms with van der Waals surface area (Å²) in [6, 6.07) is 9.44. The van der Waals surface area contributed by atoms with Gasteiger partial charge in [0.2, 0.25) is 5.91 Å². The second-order valence-corrected chi connectivity index (χ2v) is 10.1. The number of amides is 1. The summed E-state index contributed by atoms with van der Waals surface area (Å²) in [6.07, 6.45) is -0.0338. The number of carbonyl (C=O) groups excluding carboxylic acids is 1. The molecule has 1 aromatic heterocycles. The van der Waals surface area contributed by atoms with Crippen molar-refractivity contribution >= 4 is 22.5 Å². The highest BCUT2D eigenvalue weighted by atomic mass is 19.3. The predicted molar refractivity (Wildman–Crippen MR) is 122 cm³/mol. The molecule has 1 aliphatic heterocycles. The lowest BCUT2D eigenvalue weighted by molar-refractivity contribution is -0.286. The van der Waals surface area contributed by atoms with Crippen LogP contribution in [0.3, 0.4) is 0 Å². The van der Waals surface area contributed by atoms with Crippen molar-refractivity contribution < 1.29 is 32.5 Å². The van der Waals surface area contributed by atoms with E-state index in [0.717, 1.165) is 29.4 Å². The number of fused-ring (bicyclic) bond motifs is 2. The third-order valence-electron chi connectivity index (χ3n) is 7.54. The fourth-order valence-corrected chi connectivity index (χ4v) is 5.05. The summed E-state index contributed by atoms with van der Waals surface area (Å²) >= 11 is 0. The van der Waals surface area contributed by atoms with Crippen LogP contribution in [0.1, 0.15) is 50.3 Å². The molecule has 3 aliphatic rings. The average Bonchev–Trinajstić information content (AvgIpc) is 3.70. The Kier molecular flexibility index (Phi) is 4.71. The quantitative estimate of drug-likeness (QED) is 0.481. The molecule has 6 nitrogen and oxygen atoms in total. The topological polar surface area (TPSA) is 72.7 Å². The normalized spacial score (nSPS) is 20.1. The third-order valence-corrected chi connectivity index (χ3v) is 7.54. The summed E-state index contributed by atoms with van der Waals surface area (Å²) in [7, 11) is 0. The van der Waals surface area contributed by atoms with E-state index in [9.17, 15) is 18.7 Å². The van der Waals surface area contributed by atoms with Crippen molar-refractivity contribution in [1.29, 1.82) is 0 Å². The first-order chi connectivity index (χ1) is 16.6. The summed E-state index contributed by atoms with van der Waals surface area (Å²) < 4.78 is 53.0. The van der Waals surface area contributed by atoms with Crippen molar-refractivity contribution in [2.24, 2.45) is 0 Å². The highest BCUT2D eigenvalue weighted by molar-refractivity contribution is 6.03. The Balaban J connectivity index is 1.30. The van der Waals surface area contributed by atoms with Crippen LogP contribution < -0.4 is 14.8 Å². The summed E-state index contributed by atoms with van der Waals surface area (Å²) in [5, 5.41) is 12.9. The van der Waals surface area contributed by atoms with Gasteiger partial charge in [0.15, 0.2) is 11.5 Å². The number of aromatic nitrogens is 1. The summed E-state index contributed by atoms with van der Waals surface area (Å²) in [5.41, 5.74) is 1.55. The molecule has 2 aromatic carbocycles. The molecule has 3 aromatic rings. The number of halogens is 3. The number of alkyl halides is 2. The molecule has 2 fully saturated rings. The van der Waals surface area contributed by atoms with Crippen molar-refractivity contribution in [3.05, 3.63) is 53.5 Å². The van der Waals surface area contributed by atoms with Crippen molar-refractivity contribution in [2.75, 3.05) is 11.9 Å². The fraction of sp³-hybridized carbons (Fsp3) is 0.423. The van der Waals surface area contributed by atoms with E-state index in [0.29, 0.717) is 31.4 Å². The van der Waals surface area contributed by atoms with E-state index in [2.05, 4.69) is 26.3 Å². The van der Waals surface area contributed by atoms with Crippen LogP contribution in [-0.4, -0.2) is 28.5 Å². The van der Waals surface area contributed by atoms with Crippen molar-refractivity contribution in [3.8, 4) is 11.5 Å². The van der Waals surface area contributed by atoms with Gasteiger partial charge in [0.05, 0.1) is 16.6 Å². The maximum absolute atomic E-state index is 15.2. The van der Waals surface area contributed by atoms with Gasteiger partial charge in [-0.05, 0) is 61.9 Å². The first kappa shape index (κ1) is 22.3. The van der Waals surface area contributed by atoms with Crippen molar-refractivity contribution in [2.45, 2.75) is 62.7 Å². The van der Waals surface area contributed by atoms with Gasteiger partial charge >= 0.3 is 6.29 Å². The molecule has 2 saturated carbocycles. The molecular formula is C26H25F3N2O4. The predicted octanol–water partition coefficient (Wildman–Crippen LogP) is 5.21. The number of hydrogen-bond acceptors (Lipinski definition) is 4. The van der Waals surface area contributed by atoms with Gasteiger partial charge in [-0.25, -0.2) is 4.39 Å². The molecule has 6 rings (SSSR count). The van der Waals surface area contributed by atoms with E-state index in [1.165, 1.54) is 18.2 Å². The molecule has 184 valence electrons. The van der Waals surface area contributed by atoms with Gasteiger partial charge in [0.1, 0.15) is 5.82 Å². The number of carbonyl (C=O) groups is 1. The monoisotopic (exact) mass is 486 g/mol. The van der Waals surface area contributed by atoms with E-state index in [1.807, 2.05) is 6.07 Å². The second-order valence-electron chi connectivity index (χ2n) is 10.1. The maximum Gasteiger partial charge on any atom is 0.586 e. The number of nitrogens with zero attached hydrogens (tertiary/aromatic N) is 1. The Labute approximate surface area is 199 Å². The number of rotatable bonds is 7. The molecule has 0 unspecified atom stereocenters. The average molecular weight is 486 g/mol. The molecule has 35 heavy (non-hydrogen) atoms. The van der Waals surface area contributed by atoms with Crippen LogP contribution >= 0.6 is 0 Å². The van der Waals surface area contributed by atoms with Crippen LogP contribution in [0.2, 0.25) is 0 Å². The molecule has 9 heteroatoms. The van der Waals surface area contributed by atoms with Crippen LogP contribution in [0.5, 0.6) is 11.5 Å². The number of benzene rings is 2. The molecule has 2 heterocycles. The van der Waals surface area contributed by atoms with E-state index in [-0.39, 0.29) is 29.2 Å².